The first-order chi connectivity index (χ1) is 12.0. The van der Waals surface area contributed by atoms with Crippen molar-refractivity contribution in [2.45, 2.75) is 19.4 Å². The topological polar surface area (TPSA) is 74.2 Å². The Morgan fingerprint density at radius 1 is 1.00 bits per heavy atom. The van der Waals surface area contributed by atoms with Gasteiger partial charge in [-0.2, -0.15) is 0 Å². The summed E-state index contributed by atoms with van der Waals surface area (Å²) in [7, 11) is 4.64. The molecule has 0 saturated carbocycles. The molecule has 25 heavy (non-hydrogen) atoms. The number of methoxy groups -OCH3 is 3. The van der Waals surface area contributed by atoms with Crippen molar-refractivity contribution >= 4 is 5.97 Å². The third-order valence-corrected chi connectivity index (χ3v) is 3.87. The molecule has 0 spiro atoms. The van der Waals surface area contributed by atoms with E-state index in [0.717, 1.165) is 5.56 Å². The summed E-state index contributed by atoms with van der Waals surface area (Å²) in [5, 5.41) is 9.24. The van der Waals surface area contributed by atoms with Crippen LogP contribution in [0, 0.1) is 0 Å². The van der Waals surface area contributed by atoms with Crippen LogP contribution in [0.1, 0.15) is 24.0 Å². The van der Waals surface area contributed by atoms with E-state index in [1.165, 1.54) is 0 Å². The molecule has 0 amide bonds. The Bertz CT molecular complexity index is 715. The second-order valence-corrected chi connectivity index (χ2v) is 5.42. The first-order valence-corrected chi connectivity index (χ1v) is 7.75. The zero-order valence-corrected chi connectivity index (χ0v) is 14.7. The molecule has 0 aliphatic carbocycles. The quantitative estimate of drug-likeness (QED) is 0.789. The average molecular weight is 346 g/mol. The lowest BCUT2D eigenvalue weighted by Crippen LogP contribution is -2.09. The lowest BCUT2D eigenvalue weighted by Gasteiger charge is -2.16. The lowest BCUT2D eigenvalue weighted by molar-refractivity contribution is -0.138. The van der Waals surface area contributed by atoms with Gasteiger partial charge in [-0.25, -0.2) is 0 Å². The molecule has 0 fully saturated rings. The zero-order valence-electron chi connectivity index (χ0n) is 14.7. The van der Waals surface area contributed by atoms with Gasteiger partial charge in [-0.1, -0.05) is 18.2 Å². The molecule has 1 atom stereocenters. The summed E-state index contributed by atoms with van der Waals surface area (Å²) in [6.45, 7) is 1.87. The van der Waals surface area contributed by atoms with Crippen LogP contribution < -0.4 is 18.9 Å². The van der Waals surface area contributed by atoms with E-state index in [9.17, 15) is 9.90 Å². The van der Waals surface area contributed by atoms with Crippen LogP contribution >= 0.6 is 0 Å². The van der Waals surface area contributed by atoms with Crippen molar-refractivity contribution in [3.8, 4) is 23.0 Å². The van der Waals surface area contributed by atoms with Crippen molar-refractivity contribution in [2.24, 2.45) is 0 Å². The molecule has 0 heterocycles. The highest BCUT2D eigenvalue weighted by atomic mass is 16.5. The number of benzene rings is 2. The normalized spacial score (nSPS) is 11.5. The van der Waals surface area contributed by atoms with Crippen LogP contribution in [0.25, 0.3) is 0 Å². The molecule has 1 N–H and O–H groups in total. The van der Waals surface area contributed by atoms with Crippen molar-refractivity contribution in [3.05, 3.63) is 47.5 Å². The van der Waals surface area contributed by atoms with E-state index in [1.807, 2.05) is 6.07 Å². The number of carboxylic acids is 1. The van der Waals surface area contributed by atoms with E-state index >= 15 is 0 Å². The molecular formula is C19H22O6. The highest BCUT2D eigenvalue weighted by Gasteiger charge is 2.18. The van der Waals surface area contributed by atoms with Crippen molar-refractivity contribution in [1.29, 1.82) is 0 Å². The number of aliphatic carboxylic acids is 1. The number of ether oxygens (including phenoxy) is 4. The SMILES string of the molecule is COc1cc(COc2ccccc2C(C)C(=O)O)cc(OC)c1OC. The first kappa shape index (κ1) is 18.4. The molecule has 2 aromatic rings. The van der Waals surface area contributed by atoms with Gasteiger partial charge in [0.2, 0.25) is 5.75 Å². The Morgan fingerprint density at radius 2 is 1.60 bits per heavy atom. The molecule has 0 radical (unpaired) electrons. The minimum atomic E-state index is -0.899. The van der Waals surface area contributed by atoms with Gasteiger partial charge in [0.15, 0.2) is 11.5 Å². The Hall–Kier alpha value is -2.89. The molecule has 1 unspecified atom stereocenters. The minimum absolute atomic E-state index is 0.236. The molecule has 0 aliphatic heterocycles. The summed E-state index contributed by atoms with van der Waals surface area (Å²) < 4.78 is 21.8. The summed E-state index contributed by atoms with van der Waals surface area (Å²) in [4.78, 5) is 11.3. The summed E-state index contributed by atoms with van der Waals surface area (Å²) in [5.41, 5.74) is 1.44. The van der Waals surface area contributed by atoms with Crippen LogP contribution in [0.15, 0.2) is 36.4 Å². The third-order valence-electron chi connectivity index (χ3n) is 3.87. The zero-order chi connectivity index (χ0) is 18.4. The monoisotopic (exact) mass is 346 g/mol. The lowest BCUT2D eigenvalue weighted by atomic mass is 10.0. The van der Waals surface area contributed by atoms with Gasteiger partial charge in [-0.3, -0.25) is 4.79 Å². The van der Waals surface area contributed by atoms with Gasteiger partial charge in [-0.05, 0) is 30.7 Å². The van der Waals surface area contributed by atoms with E-state index in [2.05, 4.69) is 0 Å². The maximum atomic E-state index is 11.3. The Morgan fingerprint density at radius 3 is 2.12 bits per heavy atom. The Kier molecular flexibility index (Phi) is 6.11. The number of hydrogen-bond donors (Lipinski definition) is 1. The average Bonchev–Trinajstić information content (AvgIpc) is 2.64. The standard InChI is InChI=1S/C19H22O6/c1-12(19(20)21)14-7-5-6-8-15(14)25-11-13-9-16(22-2)18(24-4)17(10-13)23-3/h5-10,12H,11H2,1-4H3,(H,20,21). The molecule has 6 nitrogen and oxygen atoms in total. The number of rotatable bonds is 8. The van der Waals surface area contributed by atoms with Gasteiger partial charge in [0.05, 0.1) is 27.2 Å². The number of carboxylic acid groups (broad SMARTS) is 1. The van der Waals surface area contributed by atoms with Gasteiger partial charge in [0.25, 0.3) is 0 Å². The highest BCUT2D eigenvalue weighted by Crippen LogP contribution is 2.38. The van der Waals surface area contributed by atoms with Crippen LogP contribution in [-0.2, 0) is 11.4 Å². The summed E-state index contributed by atoms with van der Waals surface area (Å²) in [5.74, 6) is 0.556. The second-order valence-electron chi connectivity index (χ2n) is 5.42. The number of carbonyl (C=O) groups is 1. The Labute approximate surface area is 146 Å². The molecule has 0 aliphatic rings. The minimum Gasteiger partial charge on any atom is -0.493 e. The van der Waals surface area contributed by atoms with Crippen molar-refractivity contribution in [3.63, 3.8) is 0 Å². The van der Waals surface area contributed by atoms with Crippen LogP contribution in [0.3, 0.4) is 0 Å². The Balaban J connectivity index is 2.26. The van der Waals surface area contributed by atoms with Gasteiger partial charge in [0, 0.05) is 5.56 Å². The van der Waals surface area contributed by atoms with E-state index < -0.39 is 11.9 Å². The van der Waals surface area contributed by atoms with Crippen LogP contribution in [0.2, 0.25) is 0 Å². The van der Waals surface area contributed by atoms with Crippen molar-refractivity contribution < 1.29 is 28.8 Å². The van der Waals surface area contributed by atoms with Gasteiger partial charge < -0.3 is 24.1 Å². The fraction of sp³-hybridized carbons (Fsp3) is 0.316. The van der Waals surface area contributed by atoms with E-state index in [4.69, 9.17) is 18.9 Å². The predicted molar refractivity (Wildman–Crippen MR) is 92.9 cm³/mol. The smallest absolute Gasteiger partial charge is 0.310 e. The van der Waals surface area contributed by atoms with Gasteiger partial charge in [-0.15, -0.1) is 0 Å². The first-order valence-electron chi connectivity index (χ1n) is 7.75. The molecule has 0 aromatic heterocycles. The molecule has 0 saturated heterocycles. The van der Waals surface area contributed by atoms with Gasteiger partial charge >= 0.3 is 5.97 Å². The van der Waals surface area contributed by atoms with Crippen LogP contribution in [0.4, 0.5) is 0 Å². The summed E-state index contributed by atoms with van der Waals surface area (Å²) >= 11 is 0. The molecule has 2 aromatic carbocycles. The largest absolute Gasteiger partial charge is 0.493 e. The predicted octanol–water partition coefficient (Wildman–Crippen LogP) is 3.48. The fourth-order valence-corrected chi connectivity index (χ4v) is 2.48. The fourth-order valence-electron chi connectivity index (χ4n) is 2.48. The van der Waals surface area contributed by atoms with Crippen molar-refractivity contribution in [1.82, 2.24) is 0 Å². The number of hydrogen-bond acceptors (Lipinski definition) is 5. The molecule has 134 valence electrons. The summed E-state index contributed by atoms with van der Waals surface area (Å²) in [6.07, 6.45) is 0. The molecule has 0 bridgehead atoms. The molecule has 6 heteroatoms. The van der Waals surface area contributed by atoms with Crippen molar-refractivity contribution in [2.75, 3.05) is 21.3 Å². The molecule has 2 rings (SSSR count). The number of para-hydroxylation sites is 1. The third kappa shape index (κ3) is 4.15. The second kappa shape index (κ2) is 8.28. The maximum absolute atomic E-state index is 11.3. The van der Waals surface area contributed by atoms with Crippen LogP contribution in [0.5, 0.6) is 23.0 Å². The highest BCUT2D eigenvalue weighted by molar-refractivity contribution is 5.76. The maximum Gasteiger partial charge on any atom is 0.310 e. The molecular weight excluding hydrogens is 324 g/mol. The van der Waals surface area contributed by atoms with E-state index in [1.54, 1.807) is 58.6 Å². The van der Waals surface area contributed by atoms with E-state index in [-0.39, 0.29) is 6.61 Å². The summed E-state index contributed by atoms with van der Waals surface area (Å²) in [6, 6.07) is 10.7. The van der Waals surface area contributed by atoms with Crippen LogP contribution in [-0.4, -0.2) is 32.4 Å². The van der Waals surface area contributed by atoms with Gasteiger partial charge in [0.1, 0.15) is 12.4 Å². The van der Waals surface area contributed by atoms with E-state index in [0.29, 0.717) is 28.6 Å².